The van der Waals surface area contributed by atoms with Crippen LogP contribution in [0.4, 0.5) is 5.82 Å². The molecule has 3 heteroatoms. The van der Waals surface area contributed by atoms with Crippen molar-refractivity contribution in [3.63, 3.8) is 0 Å². The number of aromatic nitrogens is 2. The molecule has 1 fully saturated rings. The van der Waals surface area contributed by atoms with E-state index in [9.17, 15) is 0 Å². The number of rotatable bonds is 1. The molecule has 1 aliphatic carbocycles. The summed E-state index contributed by atoms with van der Waals surface area (Å²) in [6.07, 6.45) is 10.4. The molecule has 0 amide bonds. The zero-order valence-corrected chi connectivity index (χ0v) is 11.5. The number of imidazole rings is 1. The number of nitrogens with zero attached hydrogens (tertiary/aromatic N) is 2. The number of anilines is 1. The average Bonchev–Trinajstić information content (AvgIpc) is 2.57. The lowest BCUT2D eigenvalue weighted by molar-refractivity contribution is 0.412. The van der Waals surface area contributed by atoms with Gasteiger partial charge >= 0.3 is 0 Å². The predicted octanol–water partition coefficient (Wildman–Crippen LogP) is 3.49. The normalized spacial score (nSPS) is 25.7. The first-order chi connectivity index (χ1) is 8.75. The molecule has 1 aliphatic heterocycles. The SMILES string of the molecule is CC1CCn2c(nc(C3CCCCCC3)c2N)C1. The standard InChI is InChI=1S/C15H25N3/c1-11-8-9-18-13(10-11)17-14(15(18)16)12-6-4-2-3-5-7-12/h11-12H,2-10,16H2,1H3. The van der Waals surface area contributed by atoms with Gasteiger partial charge in [-0.25, -0.2) is 4.98 Å². The third-order valence-electron chi connectivity index (χ3n) is 4.73. The van der Waals surface area contributed by atoms with Crippen LogP contribution < -0.4 is 5.73 Å². The minimum Gasteiger partial charge on any atom is -0.384 e. The molecule has 1 aromatic heterocycles. The monoisotopic (exact) mass is 247 g/mol. The first kappa shape index (κ1) is 12.1. The van der Waals surface area contributed by atoms with Gasteiger partial charge in [0.1, 0.15) is 11.6 Å². The summed E-state index contributed by atoms with van der Waals surface area (Å²) < 4.78 is 2.28. The van der Waals surface area contributed by atoms with Gasteiger partial charge in [-0.2, -0.15) is 0 Å². The molecule has 2 aliphatic rings. The molecule has 1 unspecified atom stereocenters. The van der Waals surface area contributed by atoms with Gasteiger partial charge in [-0.1, -0.05) is 32.6 Å². The predicted molar refractivity (Wildman–Crippen MR) is 74.6 cm³/mol. The molecule has 0 bridgehead atoms. The molecular weight excluding hydrogens is 222 g/mol. The van der Waals surface area contributed by atoms with E-state index in [0.717, 1.165) is 24.7 Å². The molecular formula is C15H25N3. The van der Waals surface area contributed by atoms with Crippen LogP contribution in [0.3, 0.4) is 0 Å². The van der Waals surface area contributed by atoms with Crippen LogP contribution >= 0.6 is 0 Å². The molecule has 0 saturated heterocycles. The molecule has 0 spiro atoms. The van der Waals surface area contributed by atoms with Gasteiger partial charge in [0.15, 0.2) is 0 Å². The quantitative estimate of drug-likeness (QED) is 0.772. The van der Waals surface area contributed by atoms with Gasteiger partial charge in [0, 0.05) is 18.9 Å². The van der Waals surface area contributed by atoms with Crippen molar-refractivity contribution in [1.29, 1.82) is 0 Å². The lowest BCUT2D eigenvalue weighted by Gasteiger charge is -2.20. The molecule has 1 aromatic rings. The molecule has 100 valence electrons. The largest absolute Gasteiger partial charge is 0.384 e. The van der Waals surface area contributed by atoms with Crippen molar-refractivity contribution in [2.45, 2.75) is 70.8 Å². The molecule has 1 saturated carbocycles. The van der Waals surface area contributed by atoms with Gasteiger partial charge in [0.25, 0.3) is 0 Å². The van der Waals surface area contributed by atoms with Gasteiger partial charge < -0.3 is 10.3 Å². The Morgan fingerprint density at radius 1 is 1.11 bits per heavy atom. The fourth-order valence-electron chi connectivity index (χ4n) is 3.56. The maximum atomic E-state index is 6.35. The molecule has 3 nitrogen and oxygen atoms in total. The van der Waals surface area contributed by atoms with E-state index in [2.05, 4.69) is 11.5 Å². The summed E-state index contributed by atoms with van der Waals surface area (Å²) in [6, 6.07) is 0. The van der Waals surface area contributed by atoms with Crippen molar-refractivity contribution in [1.82, 2.24) is 9.55 Å². The minimum atomic E-state index is 0.626. The van der Waals surface area contributed by atoms with Gasteiger partial charge in [0.05, 0.1) is 5.69 Å². The number of hydrogen-bond donors (Lipinski definition) is 1. The summed E-state index contributed by atoms with van der Waals surface area (Å²) >= 11 is 0. The van der Waals surface area contributed by atoms with E-state index >= 15 is 0 Å². The van der Waals surface area contributed by atoms with E-state index in [1.807, 2.05) is 0 Å². The number of hydrogen-bond acceptors (Lipinski definition) is 2. The van der Waals surface area contributed by atoms with Crippen molar-refractivity contribution in [3.05, 3.63) is 11.5 Å². The second-order valence-corrected chi connectivity index (χ2v) is 6.24. The Bertz CT molecular complexity index is 414. The van der Waals surface area contributed by atoms with E-state index in [-0.39, 0.29) is 0 Å². The van der Waals surface area contributed by atoms with Crippen molar-refractivity contribution in [2.75, 3.05) is 5.73 Å². The second kappa shape index (κ2) is 4.94. The van der Waals surface area contributed by atoms with Gasteiger partial charge in [0.2, 0.25) is 0 Å². The van der Waals surface area contributed by atoms with Crippen LogP contribution in [0, 0.1) is 5.92 Å². The van der Waals surface area contributed by atoms with E-state index in [0.29, 0.717) is 5.92 Å². The lowest BCUT2D eigenvalue weighted by atomic mass is 9.96. The van der Waals surface area contributed by atoms with Crippen LogP contribution in [0.2, 0.25) is 0 Å². The van der Waals surface area contributed by atoms with E-state index < -0.39 is 0 Å². The molecule has 0 aromatic carbocycles. The summed E-state index contributed by atoms with van der Waals surface area (Å²) in [7, 11) is 0. The highest BCUT2D eigenvalue weighted by atomic mass is 15.1. The third-order valence-corrected chi connectivity index (χ3v) is 4.73. The number of fused-ring (bicyclic) bond motifs is 1. The topological polar surface area (TPSA) is 43.8 Å². The fourth-order valence-corrected chi connectivity index (χ4v) is 3.56. The Morgan fingerprint density at radius 3 is 2.56 bits per heavy atom. The van der Waals surface area contributed by atoms with E-state index in [4.69, 9.17) is 10.7 Å². The molecule has 18 heavy (non-hydrogen) atoms. The second-order valence-electron chi connectivity index (χ2n) is 6.24. The van der Waals surface area contributed by atoms with Crippen molar-refractivity contribution < 1.29 is 0 Å². The maximum Gasteiger partial charge on any atom is 0.127 e. The zero-order valence-electron chi connectivity index (χ0n) is 11.5. The highest BCUT2D eigenvalue weighted by molar-refractivity contribution is 5.41. The number of nitrogens with two attached hydrogens (primary N) is 1. The van der Waals surface area contributed by atoms with E-state index in [1.165, 1.54) is 56.5 Å². The Hall–Kier alpha value is -0.990. The molecule has 0 radical (unpaired) electrons. The van der Waals surface area contributed by atoms with Crippen molar-refractivity contribution in [2.24, 2.45) is 5.92 Å². The minimum absolute atomic E-state index is 0.626. The molecule has 3 rings (SSSR count). The highest BCUT2D eigenvalue weighted by Gasteiger charge is 2.26. The van der Waals surface area contributed by atoms with Gasteiger partial charge in [-0.05, 0) is 25.2 Å². The van der Waals surface area contributed by atoms with Gasteiger partial charge in [-0.3, -0.25) is 0 Å². The summed E-state index contributed by atoms with van der Waals surface area (Å²) in [5.74, 6) is 3.61. The Kier molecular flexibility index (Phi) is 3.31. The first-order valence-electron chi connectivity index (χ1n) is 7.60. The highest BCUT2D eigenvalue weighted by Crippen LogP contribution is 2.36. The first-order valence-corrected chi connectivity index (χ1v) is 7.60. The Morgan fingerprint density at radius 2 is 1.83 bits per heavy atom. The Balaban J connectivity index is 1.88. The maximum absolute atomic E-state index is 6.35. The third kappa shape index (κ3) is 2.15. The molecule has 1 atom stereocenters. The van der Waals surface area contributed by atoms with Crippen LogP contribution in [0.15, 0.2) is 0 Å². The van der Waals surface area contributed by atoms with Crippen LogP contribution in [0.1, 0.15) is 69.3 Å². The average molecular weight is 247 g/mol. The van der Waals surface area contributed by atoms with Crippen LogP contribution in [0.5, 0.6) is 0 Å². The fraction of sp³-hybridized carbons (Fsp3) is 0.800. The summed E-state index contributed by atoms with van der Waals surface area (Å²) in [5.41, 5.74) is 7.58. The summed E-state index contributed by atoms with van der Waals surface area (Å²) in [6.45, 7) is 3.39. The summed E-state index contributed by atoms with van der Waals surface area (Å²) in [4.78, 5) is 4.90. The molecule has 2 N–H and O–H groups in total. The summed E-state index contributed by atoms with van der Waals surface area (Å²) in [5, 5.41) is 0. The van der Waals surface area contributed by atoms with Gasteiger partial charge in [-0.15, -0.1) is 0 Å². The molecule has 2 heterocycles. The smallest absolute Gasteiger partial charge is 0.127 e. The van der Waals surface area contributed by atoms with E-state index in [1.54, 1.807) is 0 Å². The lowest BCUT2D eigenvalue weighted by Crippen LogP contribution is -2.18. The zero-order chi connectivity index (χ0) is 12.5. The number of nitrogen functional groups attached to an aromatic ring is 1. The van der Waals surface area contributed by atoms with Crippen LogP contribution in [-0.4, -0.2) is 9.55 Å². The van der Waals surface area contributed by atoms with Crippen molar-refractivity contribution in [3.8, 4) is 0 Å². The Labute approximate surface area is 110 Å². The van der Waals surface area contributed by atoms with Crippen LogP contribution in [-0.2, 0) is 13.0 Å². The van der Waals surface area contributed by atoms with Crippen molar-refractivity contribution >= 4 is 5.82 Å². The van der Waals surface area contributed by atoms with Crippen LogP contribution in [0.25, 0.3) is 0 Å².